The number of aliphatic imine (C=N–C) groups is 1. The van der Waals surface area contributed by atoms with Crippen molar-refractivity contribution < 1.29 is 9.59 Å². The molecule has 3 rings (SSSR count). The van der Waals surface area contributed by atoms with E-state index >= 15 is 0 Å². The number of amides is 2. The summed E-state index contributed by atoms with van der Waals surface area (Å²) in [6.07, 6.45) is 11.9. The first-order valence-corrected chi connectivity index (χ1v) is 13.9. The van der Waals surface area contributed by atoms with Gasteiger partial charge in [-0.1, -0.05) is 33.4 Å². The number of nitrogens with one attached hydrogen (secondary N) is 2. The van der Waals surface area contributed by atoms with E-state index in [0.717, 1.165) is 49.1 Å². The first kappa shape index (κ1) is 30.6. The maximum Gasteiger partial charge on any atom is 0.259 e. The van der Waals surface area contributed by atoms with Crippen LogP contribution >= 0.6 is 0 Å². The Labute approximate surface area is 237 Å². The lowest BCUT2D eigenvalue weighted by atomic mass is 9.99. The largest absolute Gasteiger partial charge is 0.404 e. The van der Waals surface area contributed by atoms with Crippen LogP contribution in [0.3, 0.4) is 0 Å². The maximum absolute atomic E-state index is 13.3. The summed E-state index contributed by atoms with van der Waals surface area (Å²) < 4.78 is 1.73. The number of carbonyl (C=O) groups excluding carboxylic acids is 2. The van der Waals surface area contributed by atoms with Crippen LogP contribution in [0.15, 0.2) is 66.2 Å². The smallest absolute Gasteiger partial charge is 0.259 e. The number of hydrogen-bond donors (Lipinski definition) is 3. The first-order chi connectivity index (χ1) is 19.2. The number of aryl methyl sites for hydroxylation is 2. The highest BCUT2D eigenvalue weighted by Crippen LogP contribution is 2.25. The topological polar surface area (TPSA) is 118 Å². The Morgan fingerprint density at radius 3 is 2.70 bits per heavy atom. The molecule has 4 N–H and O–H groups in total. The minimum Gasteiger partial charge on any atom is -0.404 e. The molecule has 1 saturated heterocycles. The van der Waals surface area contributed by atoms with E-state index in [2.05, 4.69) is 53.0 Å². The molecule has 0 bridgehead atoms. The number of allylic oxidation sites excluding steroid dienone is 2. The second-order valence-electron chi connectivity index (χ2n) is 10.5. The van der Waals surface area contributed by atoms with E-state index in [1.165, 1.54) is 12.3 Å². The molecular formula is C31H43N7O2. The SMILES string of the molecule is C=CC(=N\C=C(\c1cnn(C)c1)C(C)C)/C(=C\N)C(=O)Nc1cc(NC(=O)CC2CCCN2CCC)ccc1C. The minimum atomic E-state index is -0.422. The minimum absolute atomic E-state index is 0.0286. The van der Waals surface area contributed by atoms with Gasteiger partial charge in [-0.2, -0.15) is 5.10 Å². The molecule has 40 heavy (non-hydrogen) atoms. The third kappa shape index (κ3) is 8.02. The van der Waals surface area contributed by atoms with Crippen molar-refractivity contribution in [3.05, 3.63) is 72.3 Å². The van der Waals surface area contributed by atoms with Gasteiger partial charge in [0.05, 0.1) is 17.5 Å². The molecule has 2 aromatic rings. The van der Waals surface area contributed by atoms with Crippen molar-refractivity contribution in [1.82, 2.24) is 14.7 Å². The summed E-state index contributed by atoms with van der Waals surface area (Å²) >= 11 is 0. The Hall–Kier alpha value is -3.98. The van der Waals surface area contributed by atoms with Gasteiger partial charge in [0, 0.05) is 55.0 Å². The van der Waals surface area contributed by atoms with Gasteiger partial charge in [-0.3, -0.25) is 24.2 Å². The highest BCUT2D eigenvalue weighted by atomic mass is 16.2. The average Bonchev–Trinajstić information content (AvgIpc) is 3.54. The molecule has 1 aromatic heterocycles. The van der Waals surface area contributed by atoms with Gasteiger partial charge in [0.1, 0.15) is 0 Å². The highest BCUT2D eigenvalue weighted by molar-refractivity contribution is 6.29. The van der Waals surface area contributed by atoms with Crippen LogP contribution in [-0.2, 0) is 16.6 Å². The highest BCUT2D eigenvalue weighted by Gasteiger charge is 2.26. The summed E-state index contributed by atoms with van der Waals surface area (Å²) in [6, 6.07) is 5.75. The third-order valence-electron chi connectivity index (χ3n) is 7.08. The van der Waals surface area contributed by atoms with Crippen LogP contribution in [0, 0.1) is 12.8 Å². The van der Waals surface area contributed by atoms with Gasteiger partial charge in [0.2, 0.25) is 5.91 Å². The number of aromatic nitrogens is 2. The number of nitrogens with zero attached hydrogens (tertiary/aromatic N) is 4. The lowest BCUT2D eigenvalue weighted by Crippen LogP contribution is -2.33. The molecule has 9 heteroatoms. The molecule has 1 fully saturated rings. The molecule has 2 amide bonds. The van der Waals surface area contributed by atoms with Crippen LogP contribution in [0.25, 0.3) is 5.57 Å². The van der Waals surface area contributed by atoms with Crippen LogP contribution < -0.4 is 16.4 Å². The molecule has 1 atom stereocenters. The van der Waals surface area contributed by atoms with Gasteiger partial charge >= 0.3 is 0 Å². The number of carbonyl (C=O) groups is 2. The summed E-state index contributed by atoms with van der Waals surface area (Å²) in [5, 5.41) is 10.2. The molecule has 0 spiro atoms. The zero-order chi connectivity index (χ0) is 29.2. The maximum atomic E-state index is 13.3. The number of benzene rings is 1. The standard InChI is InChI=1S/C31H43N7O2/c1-7-13-38-14-9-10-25(38)16-30(39)35-24-12-11-22(5)29(15-24)36-31(40)26(17-32)28(8-2)33-19-27(21(3)4)23-18-34-37(6)20-23/h8,11-12,15,17-21,25H,2,7,9-10,13-14,16,32H2,1,3-6H3,(H,35,39)(H,36,40)/b26-17+,27-19+,33-28+. The van der Waals surface area contributed by atoms with E-state index in [1.807, 2.05) is 32.3 Å². The summed E-state index contributed by atoms with van der Waals surface area (Å²) in [5.74, 6) is -0.268. The van der Waals surface area contributed by atoms with Gasteiger partial charge in [0.25, 0.3) is 5.91 Å². The summed E-state index contributed by atoms with van der Waals surface area (Å²) in [7, 11) is 1.86. The molecule has 1 aliphatic rings. The number of nitrogens with two attached hydrogens (primary N) is 1. The molecule has 1 aromatic carbocycles. The van der Waals surface area contributed by atoms with Crippen molar-refractivity contribution in [2.24, 2.45) is 23.7 Å². The van der Waals surface area contributed by atoms with Crippen molar-refractivity contribution in [1.29, 1.82) is 0 Å². The second-order valence-corrected chi connectivity index (χ2v) is 10.5. The lowest BCUT2D eigenvalue weighted by molar-refractivity contribution is -0.117. The monoisotopic (exact) mass is 545 g/mol. The molecular weight excluding hydrogens is 502 g/mol. The summed E-state index contributed by atoms with van der Waals surface area (Å²) in [4.78, 5) is 33.1. The van der Waals surface area contributed by atoms with Gasteiger partial charge < -0.3 is 16.4 Å². The van der Waals surface area contributed by atoms with E-state index in [-0.39, 0.29) is 23.4 Å². The molecule has 1 unspecified atom stereocenters. The normalized spacial score (nSPS) is 16.9. The Kier molecular flexibility index (Phi) is 11.0. The van der Waals surface area contributed by atoms with E-state index in [1.54, 1.807) is 23.1 Å². The molecule has 0 radical (unpaired) electrons. The predicted molar refractivity (Wildman–Crippen MR) is 164 cm³/mol. The second kappa shape index (κ2) is 14.4. The van der Waals surface area contributed by atoms with Gasteiger partial charge in [-0.05, 0) is 74.5 Å². The van der Waals surface area contributed by atoms with Crippen LogP contribution in [0.4, 0.5) is 11.4 Å². The fourth-order valence-electron chi connectivity index (χ4n) is 4.93. The van der Waals surface area contributed by atoms with Crippen LogP contribution in [0.1, 0.15) is 57.6 Å². The Morgan fingerprint density at radius 1 is 1.30 bits per heavy atom. The molecule has 1 aliphatic heterocycles. The van der Waals surface area contributed by atoms with E-state index in [4.69, 9.17) is 5.73 Å². The number of hydrogen-bond acceptors (Lipinski definition) is 6. The van der Waals surface area contributed by atoms with Crippen molar-refractivity contribution in [3.8, 4) is 0 Å². The quantitative estimate of drug-likeness (QED) is 0.255. The van der Waals surface area contributed by atoms with Crippen LogP contribution in [0.2, 0.25) is 0 Å². The van der Waals surface area contributed by atoms with Gasteiger partial charge in [-0.25, -0.2) is 0 Å². The number of rotatable bonds is 12. The molecule has 2 heterocycles. The fourth-order valence-corrected chi connectivity index (χ4v) is 4.93. The summed E-state index contributed by atoms with van der Waals surface area (Å²) in [5.41, 5.74) is 10.4. The predicted octanol–water partition coefficient (Wildman–Crippen LogP) is 5.04. The molecule has 0 aliphatic carbocycles. The first-order valence-electron chi connectivity index (χ1n) is 13.9. The van der Waals surface area contributed by atoms with E-state index < -0.39 is 5.91 Å². The average molecular weight is 546 g/mol. The molecule has 0 saturated carbocycles. The van der Waals surface area contributed by atoms with Crippen molar-refractivity contribution >= 4 is 34.5 Å². The van der Waals surface area contributed by atoms with E-state index in [0.29, 0.717) is 23.5 Å². The summed E-state index contributed by atoms with van der Waals surface area (Å²) in [6.45, 7) is 14.1. The zero-order valence-corrected chi connectivity index (χ0v) is 24.4. The van der Waals surface area contributed by atoms with Crippen LogP contribution in [0.5, 0.6) is 0 Å². The zero-order valence-electron chi connectivity index (χ0n) is 24.4. The lowest BCUT2D eigenvalue weighted by Gasteiger charge is -2.23. The Morgan fingerprint density at radius 2 is 2.08 bits per heavy atom. The van der Waals surface area contributed by atoms with Crippen molar-refractivity contribution in [3.63, 3.8) is 0 Å². The Bertz CT molecular complexity index is 1300. The van der Waals surface area contributed by atoms with Crippen molar-refractivity contribution in [2.45, 2.75) is 59.4 Å². The van der Waals surface area contributed by atoms with Crippen LogP contribution in [-0.4, -0.2) is 51.3 Å². The molecule has 9 nitrogen and oxygen atoms in total. The Balaban J connectivity index is 1.74. The van der Waals surface area contributed by atoms with Crippen molar-refractivity contribution in [2.75, 3.05) is 23.7 Å². The van der Waals surface area contributed by atoms with Gasteiger partial charge in [0.15, 0.2) is 0 Å². The number of likely N-dealkylation sites (tertiary alicyclic amines) is 1. The van der Waals surface area contributed by atoms with E-state index in [9.17, 15) is 9.59 Å². The fraction of sp³-hybridized carbons (Fsp3) is 0.419. The molecule has 214 valence electrons. The van der Waals surface area contributed by atoms with Gasteiger partial charge in [-0.15, -0.1) is 0 Å². The third-order valence-corrected chi connectivity index (χ3v) is 7.08. The number of anilines is 2.